The summed E-state index contributed by atoms with van der Waals surface area (Å²) in [6.07, 6.45) is 0. The predicted octanol–water partition coefficient (Wildman–Crippen LogP) is 5.37. The SMILES string of the molecule is CCn1c(SCC(=O)Nc2c(Cl)cccc2Cl)nnc1-c1csc(C)c1. The largest absolute Gasteiger partial charge is 0.323 e. The number of aryl methyl sites for hydroxylation is 1. The van der Waals surface area contributed by atoms with Crippen molar-refractivity contribution >= 4 is 57.9 Å². The second kappa shape index (κ2) is 8.43. The predicted molar refractivity (Wildman–Crippen MR) is 110 cm³/mol. The Labute approximate surface area is 169 Å². The molecule has 3 aromatic rings. The fourth-order valence-electron chi connectivity index (χ4n) is 2.38. The van der Waals surface area contributed by atoms with Crippen LogP contribution in [0, 0.1) is 6.92 Å². The summed E-state index contributed by atoms with van der Waals surface area (Å²) in [5, 5.41) is 14.8. The number of thioether (sulfide) groups is 1. The van der Waals surface area contributed by atoms with Crippen LogP contribution in [0.5, 0.6) is 0 Å². The van der Waals surface area contributed by atoms with Crippen molar-refractivity contribution in [2.24, 2.45) is 0 Å². The number of hydrogen-bond donors (Lipinski definition) is 1. The van der Waals surface area contributed by atoms with Crippen LogP contribution in [0.1, 0.15) is 11.8 Å². The summed E-state index contributed by atoms with van der Waals surface area (Å²) in [6, 6.07) is 7.17. The summed E-state index contributed by atoms with van der Waals surface area (Å²) in [7, 11) is 0. The van der Waals surface area contributed by atoms with Crippen LogP contribution in [-0.4, -0.2) is 26.4 Å². The van der Waals surface area contributed by atoms with Crippen LogP contribution in [0.4, 0.5) is 5.69 Å². The van der Waals surface area contributed by atoms with E-state index < -0.39 is 0 Å². The number of carbonyl (C=O) groups excluding carboxylic acids is 1. The molecule has 136 valence electrons. The number of rotatable bonds is 6. The lowest BCUT2D eigenvalue weighted by molar-refractivity contribution is -0.113. The van der Waals surface area contributed by atoms with Gasteiger partial charge in [0, 0.05) is 22.4 Å². The van der Waals surface area contributed by atoms with Gasteiger partial charge >= 0.3 is 0 Å². The molecule has 0 aliphatic carbocycles. The number of benzene rings is 1. The maximum Gasteiger partial charge on any atom is 0.234 e. The maximum absolute atomic E-state index is 12.3. The average molecular weight is 427 g/mol. The van der Waals surface area contributed by atoms with Gasteiger partial charge in [0.15, 0.2) is 11.0 Å². The number of thiophene rings is 1. The lowest BCUT2D eigenvalue weighted by Gasteiger charge is -2.09. The minimum absolute atomic E-state index is 0.183. The zero-order chi connectivity index (χ0) is 18.7. The van der Waals surface area contributed by atoms with E-state index in [4.69, 9.17) is 23.2 Å². The molecule has 9 heteroatoms. The molecule has 0 radical (unpaired) electrons. The summed E-state index contributed by atoms with van der Waals surface area (Å²) >= 11 is 15.2. The van der Waals surface area contributed by atoms with Crippen LogP contribution < -0.4 is 5.32 Å². The highest BCUT2D eigenvalue weighted by molar-refractivity contribution is 7.99. The van der Waals surface area contributed by atoms with Crippen LogP contribution in [0.15, 0.2) is 34.8 Å². The molecule has 1 N–H and O–H groups in total. The first kappa shape index (κ1) is 19.2. The molecule has 0 bridgehead atoms. The first-order valence-corrected chi connectivity index (χ1v) is 10.5. The van der Waals surface area contributed by atoms with E-state index >= 15 is 0 Å². The summed E-state index contributed by atoms with van der Waals surface area (Å²) in [4.78, 5) is 13.5. The Hall–Kier alpha value is -1.54. The van der Waals surface area contributed by atoms with Gasteiger partial charge in [-0.3, -0.25) is 4.79 Å². The molecule has 2 aromatic heterocycles. The van der Waals surface area contributed by atoms with E-state index in [1.165, 1.54) is 16.6 Å². The van der Waals surface area contributed by atoms with E-state index in [2.05, 4.69) is 33.9 Å². The number of anilines is 1. The van der Waals surface area contributed by atoms with Gasteiger partial charge in [0.2, 0.25) is 5.91 Å². The topological polar surface area (TPSA) is 59.8 Å². The maximum atomic E-state index is 12.3. The molecule has 0 aliphatic rings. The standard InChI is InChI=1S/C17H16Cl2N4OS2/c1-3-23-16(11-7-10(2)25-8-11)21-22-17(23)26-9-14(24)20-15-12(18)5-4-6-13(15)19/h4-8H,3,9H2,1-2H3,(H,20,24). The molecule has 0 fully saturated rings. The monoisotopic (exact) mass is 426 g/mol. The van der Waals surface area contributed by atoms with Crippen molar-refractivity contribution in [2.45, 2.75) is 25.5 Å². The highest BCUT2D eigenvalue weighted by atomic mass is 35.5. The molecular weight excluding hydrogens is 411 g/mol. The molecule has 0 saturated heterocycles. The van der Waals surface area contributed by atoms with E-state index in [0.29, 0.717) is 20.9 Å². The molecule has 26 heavy (non-hydrogen) atoms. The molecule has 1 amide bonds. The summed E-state index contributed by atoms with van der Waals surface area (Å²) in [5.41, 5.74) is 1.47. The molecule has 1 aromatic carbocycles. The highest BCUT2D eigenvalue weighted by Crippen LogP contribution is 2.31. The van der Waals surface area contributed by atoms with Crippen molar-refractivity contribution in [3.8, 4) is 11.4 Å². The molecular formula is C17H16Cl2N4OS2. The van der Waals surface area contributed by atoms with Gasteiger partial charge in [-0.25, -0.2) is 0 Å². The Morgan fingerprint density at radius 1 is 1.31 bits per heavy atom. The Balaban J connectivity index is 1.70. The lowest BCUT2D eigenvalue weighted by atomic mass is 10.3. The molecule has 0 spiro atoms. The van der Waals surface area contributed by atoms with Crippen molar-refractivity contribution in [3.05, 3.63) is 44.6 Å². The van der Waals surface area contributed by atoms with Crippen LogP contribution >= 0.6 is 46.3 Å². The molecule has 0 aliphatic heterocycles. The van der Waals surface area contributed by atoms with E-state index in [1.807, 2.05) is 11.5 Å². The van der Waals surface area contributed by atoms with Crippen LogP contribution in [-0.2, 0) is 11.3 Å². The third-order valence-electron chi connectivity index (χ3n) is 3.58. The summed E-state index contributed by atoms with van der Waals surface area (Å²) in [5.74, 6) is 0.792. The summed E-state index contributed by atoms with van der Waals surface area (Å²) < 4.78 is 2.00. The normalized spacial score (nSPS) is 10.9. The fraction of sp³-hybridized carbons (Fsp3) is 0.235. The van der Waals surface area contributed by atoms with Crippen molar-refractivity contribution in [1.29, 1.82) is 0 Å². The van der Waals surface area contributed by atoms with Crippen LogP contribution in [0.3, 0.4) is 0 Å². The first-order chi connectivity index (χ1) is 12.5. The van der Waals surface area contributed by atoms with Gasteiger partial charge in [-0.2, -0.15) is 0 Å². The lowest BCUT2D eigenvalue weighted by Crippen LogP contribution is -2.15. The number of nitrogens with one attached hydrogen (secondary N) is 1. The highest BCUT2D eigenvalue weighted by Gasteiger charge is 2.16. The minimum atomic E-state index is -0.205. The van der Waals surface area contributed by atoms with Gasteiger partial charge < -0.3 is 9.88 Å². The Bertz CT molecular complexity index is 918. The average Bonchev–Trinajstić information content (AvgIpc) is 3.21. The number of nitrogens with zero attached hydrogens (tertiary/aromatic N) is 3. The van der Waals surface area contributed by atoms with Crippen molar-refractivity contribution in [1.82, 2.24) is 14.8 Å². The number of para-hydroxylation sites is 1. The fourth-order valence-corrected chi connectivity index (χ4v) is 4.35. The Kier molecular flexibility index (Phi) is 6.24. The van der Waals surface area contributed by atoms with Crippen molar-refractivity contribution in [2.75, 3.05) is 11.1 Å². The Morgan fingerprint density at radius 2 is 2.04 bits per heavy atom. The van der Waals surface area contributed by atoms with E-state index in [1.54, 1.807) is 29.5 Å². The molecule has 0 atom stereocenters. The molecule has 0 unspecified atom stereocenters. The van der Waals surface area contributed by atoms with Gasteiger partial charge in [-0.15, -0.1) is 21.5 Å². The summed E-state index contributed by atoms with van der Waals surface area (Å²) in [6.45, 7) is 4.80. The van der Waals surface area contributed by atoms with Gasteiger partial charge in [0.1, 0.15) is 0 Å². The van der Waals surface area contributed by atoms with E-state index in [9.17, 15) is 4.79 Å². The zero-order valence-electron chi connectivity index (χ0n) is 14.1. The second-order valence-electron chi connectivity index (χ2n) is 5.43. The van der Waals surface area contributed by atoms with Gasteiger partial charge in [0.05, 0.1) is 21.5 Å². The number of aromatic nitrogens is 3. The van der Waals surface area contributed by atoms with Gasteiger partial charge in [0.25, 0.3) is 0 Å². The third-order valence-corrected chi connectivity index (χ3v) is 6.04. The van der Waals surface area contributed by atoms with Crippen LogP contribution in [0.25, 0.3) is 11.4 Å². The van der Waals surface area contributed by atoms with Gasteiger partial charge in [-0.1, -0.05) is 41.0 Å². The molecule has 3 rings (SSSR count). The smallest absolute Gasteiger partial charge is 0.234 e. The van der Waals surface area contributed by atoms with Crippen LogP contribution in [0.2, 0.25) is 10.0 Å². The number of carbonyl (C=O) groups is 1. The van der Waals surface area contributed by atoms with Gasteiger partial charge in [-0.05, 0) is 32.0 Å². The van der Waals surface area contributed by atoms with E-state index in [-0.39, 0.29) is 11.7 Å². The minimum Gasteiger partial charge on any atom is -0.323 e. The first-order valence-electron chi connectivity index (χ1n) is 7.85. The number of halogens is 2. The second-order valence-corrected chi connectivity index (χ2v) is 8.30. The van der Waals surface area contributed by atoms with Crippen molar-refractivity contribution in [3.63, 3.8) is 0 Å². The number of amides is 1. The number of hydrogen-bond acceptors (Lipinski definition) is 5. The molecule has 0 saturated carbocycles. The Morgan fingerprint density at radius 3 is 2.65 bits per heavy atom. The van der Waals surface area contributed by atoms with E-state index in [0.717, 1.165) is 17.9 Å². The molecule has 5 nitrogen and oxygen atoms in total. The quantitative estimate of drug-likeness (QED) is 0.537. The molecule has 2 heterocycles. The third kappa shape index (κ3) is 4.23. The zero-order valence-corrected chi connectivity index (χ0v) is 17.3. The van der Waals surface area contributed by atoms with Crippen molar-refractivity contribution < 1.29 is 4.79 Å².